The molecule has 1 saturated heterocycles. The molecule has 10 nitrogen and oxygen atoms in total. The van der Waals surface area contributed by atoms with Crippen molar-refractivity contribution in [2.24, 2.45) is 0 Å². The quantitative estimate of drug-likeness (QED) is 0.276. The van der Waals surface area contributed by atoms with Crippen LogP contribution in [0.5, 0.6) is 0 Å². The van der Waals surface area contributed by atoms with E-state index >= 15 is 0 Å². The van der Waals surface area contributed by atoms with Gasteiger partial charge in [-0.2, -0.15) is 22.7 Å². The highest BCUT2D eigenvalue weighted by Gasteiger charge is 2.39. The van der Waals surface area contributed by atoms with Crippen LogP contribution in [0, 0.1) is 11.3 Å². The minimum atomic E-state index is -4.82. The summed E-state index contributed by atoms with van der Waals surface area (Å²) in [5.41, 5.74) is -1.66. The Morgan fingerprint density at radius 2 is 1.74 bits per heavy atom. The molecule has 0 aliphatic carbocycles. The van der Waals surface area contributed by atoms with E-state index in [1.165, 1.54) is 24.4 Å². The second kappa shape index (κ2) is 13.0. The maximum atomic E-state index is 13.4. The van der Waals surface area contributed by atoms with Gasteiger partial charge in [0.15, 0.2) is 0 Å². The zero-order valence-corrected chi connectivity index (χ0v) is 22.6. The van der Waals surface area contributed by atoms with Crippen molar-refractivity contribution >= 4 is 27.5 Å². The number of methoxy groups -OCH3 is 1. The van der Waals surface area contributed by atoms with Crippen molar-refractivity contribution < 1.29 is 40.7 Å². The highest BCUT2D eigenvalue weighted by atomic mass is 32.2. The van der Waals surface area contributed by atoms with E-state index in [1.807, 2.05) is 0 Å². The first-order valence-electron chi connectivity index (χ1n) is 12.4. The van der Waals surface area contributed by atoms with Crippen LogP contribution in [0.1, 0.15) is 30.9 Å². The second-order valence-corrected chi connectivity index (χ2v) is 11.2. The van der Waals surface area contributed by atoms with E-state index in [1.54, 1.807) is 0 Å². The molecule has 0 radical (unpaired) electrons. The minimum absolute atomic E-state index is 0.0874. The van der Waals surface area contributed by atoms with Gasteiger partial charge in [-0.1, -0.05) is 0 Å². The lowest BCUT2D eigenvalue weighted by atomic mass is 10.1. The first kappa shape index (κ1) is 30.7. The van der Waals surface area contributed by atoms with E-state index in [4.69, 9.17) is 14.7 Å². The first-order valence-corrected chi connectivity index (χ1v) is 14.0. The molecular weight excluding hydrogens is 541 g/mol. The number of piperazine rings is 1. The Morgan fingerprint density at radius 3 is 2.36 bits per heavy atom. The van der Waals surface area contributed by atoms with Crippen molar-refractivity contribution in [2.45, 2.75) is 25.9 Å². The third kappa shape index (κ3) is 7.43. The van der Waals surface area contributed by atoms with Crippen LogP contribution in [0.4, 0.5) is 18.9 Å². The number of ether oxygens (including phenoxy) is 2. The van der Waals surface area contributed by atoms with E-state index in [9.17, 15) is 31.2 Å². The number of hydrogen-bond donors (Lipinski definition) is 0. The van der Waals surface area contributed by atoms with Gasteiger partial charge < -0.3 is 14.4 Å². The molecule has 0 bridgehead atoms. The fourth-order valence-electron chi connectivity index (χ4n) is 4.47. The van der Waals surface area contributed by atoms with Gasteiger partial charge in [-0.05, 0) is 44.5 Å². The van der Waals surface area contributed by atoms with Crippen molar-refractivity contribution in [2.75, 3.05) is 70.3 Å². The summed E-state index contributed by atoms with van der Waals surface area (Å²) >= 11 is 0. The number of sulfonamides is 1. The average molecular weight is 573 g/mol. The fourth-order valence-corrected chi connectivity index (χ4v) is 5.77. The lowest BCUT2D eigenvalue weighted by Crippen LogP contribution is -2.49. The molecule has 214 valence electrons. The second-order valence-electron chi connectivity index (χ2n) is 9.15. The van der Waals surface area contributed by atoms with Crippen molar-refractivity contribution in [3.63, 3.8) is 0 Å². The Labute approximate surface area is 225 Å². The molecule has 0 aromatic heterocycles. The molecule has 0 N–H and O–H groups in total. The van der Waals surface area contributed by atoms with Crippen LogP contribution in [0.25, 0.3) is 0 Å². The summed E-state index contributed by atoms with van der Waals surface area (Å²) in [6, 6.07) is 4.22. The molecule has 39 heavy (non-hydrogen) atoms. The molecule has 0 atom stereocenters. The molecule has 1 aromatic rings. The van der Waals surface area contributed by atoms with Crippen molar-refractivity contribution in [1.29, 1.82) is 5.26 Å². The number of anilines is 1. The number of carbonyl (C=O) groups excluding carboxylic acids is 2. The van der Waals surface area contributed by atoms with Gasteiger partial charge in [-0.3, -0.25) is 9.59 Å². The fraction of sp³-hybridized carbons (Fsp3) is 0.560. The van der Waals surface area contributed by atoms with E-state index in [0.717, 1.165) is 12.1 Å². The Bertz CT molecular complexity index is 1250. The number of benzene rings is 1. The lowest BCUT2D eigenvalue weighted by molar-refractivity contribution is -0.138. The maximum absolute atomic E-state index is 13.4. The van der Waals surface area contributed by atoms with Crippen LogP contribution in [0.15, 0.2) is 29.3 Å². The standard InChI is InChI=1S/C25H31F3N4O6S/c1-18-21(24(34)32(23(18)33)20-6-5-19(17-29)22(16-20)25(26,27)28)4-3-7-30-8-10-31(11-9-30)39(35,36)15-14-38-13-12-37-2/h5-6,16H,3-4,7-15H2,1-2H3. The monoisotopic (exact) mass is 572 g/mol. The summed E-state index contributed by atoms with van der Waals surface area (Å²) in [7, 11) is -1.91. The molecule has 1 fully saturated rings. The number of carbonyl (C=O) groups is 2. The topological polar surface area (TPSA) is 120 Å². The van der Waals surface area contributed by atoms with Gasteiger partial charge in [0.1, 0.15) is 0 Å². The van der Waals surface area contributed by atoms with Gasteiger partial charge in [-0.25, -0.2) is 13.3 Å². The van der Waals surface area contributed by atoms with Crippen LogP contribution >= 0.6 is 0 Å². The van der Waals surface area contributed by atoms with Gasteiger partial charge in [-0.15, -0.1) is 0 Å². The minimum Gasteiger partial charge on any atom is -0.382 e. The Hall–Kier alpha value is -2.83. The van der Waals surface area contributed by atoms with E-state index < -0.39 is 39.1 Å². The molecule has 0 saturated carbocycles. The first-order chi connectivity index (χ1) is 18.4. The largest absolute Gasteiger partial charge is 0.417 e. The van der Waals surface area contributed by atoms with E-state index in [0.29, 0.717) is 63.3 Å². The predicted molar refractivity (Wildman–Crippen MR) is 135 cm³/mol. The Morgan fingerprint density at radius 1 is 1.05 bits per heavy atom. The van der Waals surface area contributed by atoms with Crippen LogP contribution in [-0.2, 0) is 35.3 Å². The van der Waals surface area contributed by atoms with Crippen LogP contribution in [0.3, 0.4) is 0 Å². The van der Waals surface area contributed by atoms with Crippen molar-refractivity contribution in [3.05, 3.63) is 40.5 Å². The Balaban J connectivity index is 1.53. The molecule has 0 unspecified atom stereocenters. The molecule has 2 heterocycles. The number of imide groups is 1. The normalized spacial score (nSPS) is 17.8. The van der Waals surface area contributed by atoms with Crippen molar-refractivity contribution in [3.8, 4) is 6.07 Å². The maximum Gasteiger partial charge on any atom is 0.417 e. The van der Waals surface area contributed by atoms with Gasteiger partial charge in [0.2, 0.25) is 10.0 Å². The molecule has 2 amide bonds. The smallest absolute Gasteiger partial charge is 0.382 e. The third-order valence-electron chi connectivity index (χ3n) is 6.67. The zero-order valence-electron chi connectivity index (χ0n) is 21.8. The highest BCUT2D eigenvalue weighted by Crippen LogP contribution is 2.36. The van der Waals surface area contributed by atoms with Crippen LogP contribution < -0.4 is 4.90 Å². The summed E-state index contributed by atoms with van der Waals surface area (Å²) in [6.45, 7) is 4.49. The summed E-state index contributed by atoms with van der Waals surface area (Å²) in [4.78, 5) is 28.6. The van der Waals surface area contributed by atoms with Gasteiger partial charge in [0.05, 0.1) is 48.5 Å². The predicted octanol–water partition coefficient (Wildman–Crippen LogP) is 2.16. The van der Waals surface area contributed by atoms with Gasteiger partial charge >= 0.3 is 6.18 Å². The molecule has 14 heteroatoms. The summed E-state index contributed by atoms with van der Waals surface area (Å²) in [5.74, 6) is -1.49. The number of halogens is 3. The number of alkyl halides is 3. The van der Waals surface area contributed by atoms with E-state index in [-0.39, 0.29) is 35.6 Å². The summed E-state index contributed by atoms with van der Waals surface area (Å²) < 4.78 is 76.7. The van der Waals surface area contributed by atoms with Crippen LogP contribution in [-0.4, -0.2) is 94.8 Å². The third-order valence-corrected chi connectivity index (χ3v) is 8.50. The molecule has 0 spiro atoms. The number of nitrogens with zero attached hydrogens (tertiary/aromatic N) is 4. The summed E-state index contributed by atoms with van der Waals surface area (Å²) in [6.07, 6.45) is -4.08. The zero-order chi connectivity index (χ0) is 28.8. The van der Waals surface area contributed by atoms with Crippen LogP contribution in [0.2, 0.25) is 0 Å². The molecule has 2 aliphatic rings. The number of rotatable bonds is 12. The lowest BCUT2D eigenvalue weighted by Gasteiger charge is -2.34. The molecular formula is C25H31F3N4O6S. The van der Waals surface area contributed by atoms with Gasteiger partial charge in [0, 0.05) is 44.4 Å². The summed E-state index contributed by atoms with van der Waals surface area (Å²) in [5, 5.41) is 8.99. The molecule has 3 rings (SSSR count). The van der Waals surface area contributed by atoms with Crippen molar-refractivity contribution in [1.82, 2.24) is 9.21 Å². The molecule has 2 aliphatic heterocycles. The Kier molecular flexibility index (Phi) is 10.2. The molecule has 1 aromatic carbocycles. The van der Waals surface area contributed by atoms with Gasteiger partial charge in [0.25, 0.3) is 11.8 Å². The number of hydrogen-bond acceptors (Lipinski definition) is 8. The van der Waals surface area contributed by atoms with E-state index in [2.05, 4.69) is 4.90 Å². The SMILES string of the molecule is COCCOCCS(=O)(=O)N1CCN(CCCC2=C(C)C(=O)N(c3ccc(C#N)c(C(F)(F)F)c3)C2=O)CC1. The number of nitriles is 1. The number of amides is 2. The highest BCUT2D eigenvalue weighted by molar-refractivity contribution is 7.89. The average Bonchev–Trinajstić information content (AvgIpc) is 3.10.